The number of aromatic amines is 1. The monoisotopic (exact) mass is 391 g/mol. The first kappa shape index (κ1) is 18.8. The number of nitrogens with zero attached hydrogens (tertiary/aromatic N) is 5. The number of hydrogen-bond acceptors (Lipinski definition) is 6. The van der Waals surface area contributed by atoms with Crippen molar-refractivity contribution < 1.29 is 26.7 Å². The topological polar surface area (TPSA) is 93.0 Å². The number of fused-ring (bicyclic) bond motifs is 1. The Morgan fingerprint density at radius 1 is 1.30 bits per heavy atom. The van der Waals surface area contributed by atoms with Gasteiger partial charge in [-0.05, 0) is 6.92 Å². The molecular weight excluding hydrogens is 377 g/mol. The van der Waals surface area contributed by atoms with Crippen LogP contribution in [0.4, 0.5) is 27.9 Å². The molecule has 3 rings (SSSR count). The molecule has 146 valence electrons. The Morgan fingerprint density at radius 2 is 2.04 bits per heavy atom. The summed E-state index contributed by atoms with van der Waals surface area (Å²) >= 11 is 0. The Kier molecular flexibility index (Phi) is 5.10. The number of nitrogens with one attached hydrogen (secondary N) is 2. The summed E-state index contributed by atoms with van der Waals surface area (Å²) in [5, 5.41) is 12.8. The van der Waals surface area contributed by atoms with E-state index in [1.165, 1.54) is 12.5 Å². The fraction of sp³-hybridized carbons (Fsp3) is 0.429. The first-order chi connectivity index (χ1) is 12.8. The van der Waals surface area contributed by atoms with Crippen LogP contribution in [0.5, 0.6) is 5.75 Å². The van der Waals surface area contributed by atoms with Crippen molar-refractivity contribution in [3.63, 3.8) is 0 Å². The fourth-order valence-corrected chi connectivity index (χ4v) is 2.27. The van der Waals surface area contributed by atoms with Gasteiger partial charge in [0.15, 0.2) is 12.4 Å². The van der Waals surface area contributed by atoms with Crippen molar-refractivity contribution >= 4 is 11.6 Å². The van der Waals surface area contributed by atoms with E-state index in [0.29, 0.717) is 11.3 Å². The molecule has 0 aliphatic carbocycles. The molecule has 0 amide bonds. The smallest absolute Gasteiger partial charge is 0.422 e. The Hall–Kier alpha value is -2.99. The summed E-state index contributed by atoms with van der Waals surface area (Å²) in [6, 6.07) is -1.18. The Morgan fingerprint density at radius 3 is 2.63 bits per heavy atom. The lowest BCUT2D eigenvalue weighted by Crippen LogP contribution is -2.24. The number of halogens is 5. The number of alkyl halides is 5. The average molecular weight is 391 g/mol. The number of ether oxygens (including phenoxy) is 1. The molecule has 3 heterocycles. The zero-order valence-electron chi connectivity index (χ0n) is 13.9. The van der Waals surface area contributed by atoms with Gasteiger partial charge in [-0.15, -0.1) is 5.10 Å². The van der Waals surface area contributed by atoms with Crippen LogP contribution in [0.2, 0.25) is 0 Å². The minimum absolute atomic E-state index is 0.0736. The Balaban J connectivity index is 2.07. The van der Waals surface area contributed by atoms with Crippen molar-refractivity contribution in [3.8, 4) is 17.0 Å². The van der Waals surface area contributed by atoms with E-state index in [-0.39, 0.29) is 23.0 Å². The van der Waals surface area contributed by atoms with Crippen LogP contribution in [-0.2, 0) is 0 Å². The van der Waals surface area contributed by atoms with Gasteiger partial charge in [0.05, 0.1) is 11.7 Å². The van der Waals surface area contributed by atoms with Crippen LogP contribution in [0.3, 0.4) is 0 Å². The zero-order valence-corrected chi connectivity index (χ0v) is 13.9. The lowest BCUT2D eigenvalue weighted by Gasteiger charge is -2.12. The summed E-state index contributed by atoms with van der Waals surface area (Å²) in [4.78, 5) is 8.07. The van der Waals surface area contributed by atoms with Gasteiger partial charge in [0.25, 0.3) is 0 Å². The van der Waals surface area contributed by atoms with E-state index >= 15 is 0 Å². The third-order valence-corrected chi connectivity index (χ3v) is 3.52. The summed E-state index contributed by atoms with van der Waals surface area (Å²) in [6.07, 6.45) is -1.94. The van der Waals surface area contributed by atoms with Gasteiger partial charge in [0.2, 0.25) is 11.6 Å². The molecular formula is C14H14F5N7O. The van der Waals surface area contributed by atoms with Gasteiger partial charge < -0.3 is 10.1 Å². The van der Waals surface area contributed by atoms with Crippen molar-refractivity contribution in [2.75, 3.05) is 25.3 Å². The highest BCUT2D eigenvalue weighted by molar-refractivity contribution is 5.75. The van der Waals surface area contributed by atoms with Crippen molar-refractivity contribution in [2.45, 2.75) is 19.1 Å². The number of aromatic nitrogens is 6. The predicted molar refractivity (Wildman–Crippen MR) is 84.0 cm³/mol. The zero-order chi connectivity index (χ0) is 19.6. The molecule has 13 heteroatoms. The number of aryl methyl sites for hydroxylation is 1. The first-order valence-corrected chi connectivity index (χ1v) is 7.66. The van der Waals surface area contributed by atoms with Gasteiger partial charge in [-0.3, -0.25) is 5.10 Å². The second kappa shape index (κ2) is 7.32. The molecule has 0 radical (unpaired) electrons. The van der Waals surface area contributed by atoms with E-state index in [2.05, 4.69) is 30.6 Å². The molecule has 3 aromatic heterocycles. The van der Waals surface area contributed by atoms with Gasteiger partial charge in [-0.1, -0.05) is 0 Å². The second-order valence-corrected chi connectivity index (χ2v) is 5.56. The van der Waals surface area contributed by atoms with E-state index in [4.69, 9.17) is 4.74 Å². The maximum Gasteiger partial charge on any atom is 0.422 e. The summed E-state index contributed by atoms with van der Waals surface area (Å²) in [7, 11) is 0. The van der Waals surface area contributed by atoms with E-state index in [0.717, 1.165) is 4.52 Å². The first-order valence-electron chi connectivity index (χ1n) is 7.66. The standard InChI is InChI=1S/C14H14F5N7O/c1-7-9(4-21-24-7)10-11(27-5-14(17,18)19)12-23-13(22-8(2-15)3-16)25-26(12)6-20-10/h4,6,8H,2-3,5H2,1H3,(H,21,24)(H,22,25). The molecule has 2 N–H and O–H groups in total. The van der Waals surface area contributed by atoms with Gasteiger partial charge in [0.1, 0.15) is 25.4 Å². The highest BCUT2D eigenvalue weighted by Gasteiger charge is 2.30. The quantitative estimate of drug-likeness (QED) is 0.601. The number of hydrogen-bond donors (Lipinski definition) is 2. The minimum atomic E-state index is -4.59. The van der Waals surface area contributed by atoms with Crippen LogP contribution >= 0.6 is 0 Å². The van der Waals surface area contributed by atoms with Crippen molar-refractivity contribution in [1.82, 2.24) is 29.8 Å². The molecule has 8 nitrogen and oxygen atoms in total. The van der Waals surface area contributed by atoms with Gasteiger partial charge >= 0.3 is 6.18 Å². The molecule has 3 aromatic rings. The van der Waals surface area contributed by atoms with E-state index < -0.39 is 32.2 Å². The molecule has 0 aliphatic heterocycles. The van der Waals surface area contributed by atoms with Crippen molar-refractivity contribution in [3.05, 3.63) is 18.2 Å². The lowest BCUT2D eigenvalue weighted by molar-refractivity contribution is -0.153. The maximum atomic E-state index is 12.7. The van der Waals surface area contributed by atoms with E-state index in [9.17, 15) is 22.0 Å². The molecule has 0 aliphatic rings. The van der Waals surface area contributed by atoms with Gasteiger partial charge in [0, 0.05) is 11.8 Å². The molecule has 0 bridgehead atoms. The fourth-order valence-electron chi connectivity index (χ4n) is 2.27. The van der Waals surface area contributed by atoms with Crippen molar-refractivity contribution in [1.29, 1.82) is 0 Å². The predicted octanol–water partition coefficient (Wildman–Crippen LogP) is 2.48. The molecule has 0 aromatic carbocycles. The molecule has 0 fully saturated rings. The average Bonchev–Trinajstić information content (AvgIpc) is 3.22. The molecule has 0 saturated heterocycles. The van der Waals surface area contributed by atoms with Crippen LogP contribution in [0.15, 0.2) is 12.5 Å². The molecule has 0 unspecified atom stereocenters. The minimum Gasteiger partial charge on any atom is -0.478 e. The molecule has 0 atom stereocenters. The van der Waals surface area contributed by atoms with Gasteiger partial charge in [-0.2, -0.15) is 27.8 Å². The normalized spacial score (nSPS) is 12.1. The molecule has 27 heavy (non-hydrogen) atoms. The van der Waals surface area contributed by atoms with Crippen molar-refractivity contribution in [2.24, 2.45) is 0 Å². The number of H-pyrrole nitrogens is 1. The van der Waals surface area contributed by atoms with Crippen LogP contribution < -0.4 is 10.1 Å². The number of rotatable bonds is 7. The van der Waals surface area contributed by atoms with Crippen LogP contribution in [0.1, 0.15) is 5.69 Å². The third kappa shape index (κ3) is 4.06. The Labute approximate surface area is 148 Å². The summed E-state index contributed by atoms with van der Waals surface area (Å²) < 4.78 is 69.4. The largest absolute Gasteiger partial charge is 0.478 e. The van der Waals surface area contributed by atoms with Crippen LogP contribution in [0.25, 0.3) is 16.9 Å². The van der Waals surface area contributed by atoms with E-state index in [1.54, 1.807) is 6.92 Å². The van der Waals surface area contributed by atoms with Crippen LogP contribution in [-0.4, -0.2) is 62.0 Å². The summed E-state index contributed by atoms with van der Waals surface area (Å²) in [5.41, 5.74) is 0.877. The van der Waals surface area contributed by atoms with Crippen LogP contribution in [0, 0.1) is 6.92 Å². The third-order valence-electron chi connectivity index (χ3n) is 3.52. The SMILES string of the molecule is Cc1n[nH]cc1-c1ncn2nc(NC(CF)CF)nc2c1OCC(F)(F)F. The Bertz CT molecular complexity index is 918. The lowest BCUT2D eigenvalue weighted by atomic mass is 10.2. The van der Waals surface area contributed by atoms with Gasteiger partial charge in [-0.25, -0.2) is 13.8 Å². The molecule has 0 saturated carbocycles. The van der Waals surface area contributed by atoms with E-state index in [1.807, 2.05) is 0 Å². The summed E-state index contributed by atoms with van der Waals surface area (Å²) in [6.45, 7) is -1.97. The highest BCUT2D eigenvalue weighted by Crippen LogP contribution is 2.33. The highest BCUT2D eigenvalue weighted by atomic mass is 19.4. The summed E-state index contributed by atoms with van der Waals surface area (Å²) in [5.74, 6) is -0.452. The second-order valence-electron chi connectivity index (χ2n) is 5.56. The maximum absolute atomic E-state index is 12.7. The molecule has 0 spiro atoms. The number of anilines is 1.